The molecule has 1 aliphatic heterocycles. The lowest BCUT2D eigenvalue weighted by Gasteiger charge is -2.32. The van der Waals surface area contributed by atoms with Gasteiger partial charge in [-0.2, -0.15) is 0 Å². The minimum absolute atomic E-state index is 0.138. The fourth-order valence-corrected chi connectivity index (χ4v) is 3.07. The molecular weight excluding hydrogens is 376 g/mol. The number of hydrogen-bond donors (Lipinski definition) is 1. The van der Waals surface area contributed by atoms with Crippen LogP contribution in [-0.4, -0.2) is 54.8 Å². The van der Waals surface area contributed by atoms with Crippen molar-refractivity contribution < 1.29 is 18.4 Å². The van der Waals surface area contributed by atoms with Crippen molar-refractivity contribution >= 4 is 29.1 Å². The molecule has 2 aromatic carbocycles. The van der Waals surface area contributed by atoms with Crippen LogP contribution in [0, 0.1) is 11.6 Å². The molecule has 8 heteroatoms. The Morgan fingerprint density at radius 3 is 2.30 bits per heavy atom. The third-order valence-electron chi connectivity index (χ3n) is 4.39. The van der Waals surface area contributed by atoms with Crippen LogP contribution in [0.4, 0.5) is 14.5 Å². The molecule has 0 radical (unpaired) electrons. The smallest absolute Gasteiger partial charge is 0.261 e. The van der Waals surface area contributed by atoms with E-state index in [-0.39, 0.29) is 16.6 Å². The Hall–Kier alpha value is -2.51. The Bertz CT molecular complexity index is 860. The maximum absolute atomic E-state index is 13.9. The lowest BCUT2D eigenvalue weighted by atomic mass is 10.1. The Labute approximate surface area is 160 Å². The second-order valence-electron chi connectivity index (χ2n) is 6.37. The van der Waals surface area contributed by atoms with Crippen molar-refractivity contribution in [3.8, 4) is 0 Å². The van der Waals surface area contributed by atoms with E-state index in [2.05, 4.69) is 10.2 Å². The number of nitrogens with zero attached hydrogens (tertiary/aromatic N) is 2. The topological polar surface area (TPSA) is 52.6 Å². The zero-order valence-corrected chi connectivity index (χ0v) is 15.4. The van der Waals surface area contributed by atoms with Gasteiger partial charge in [0.05, 0.1) is 0 Å². The first-order chi connectivity index (χ1) is 12.8. The van der Waals surface area contributed by atoms with Gasteiger partial charge in [0, 0.05) is 42.5 Å². The van der Waals surface area contributed by atoms with E-state index in [4.69, 9.17) is 11.6 Å². The lowest BCUT2D eigenvalue weighted by molar-refractivity contribution is 0.0664. The Kier molecular flexibility index (Phi) is 5.72. The van der Waals surface area contributed by atoms with Gasteiger partial charge in [-0.05, 0) is 37.4 Å². The monoisotopic (exact) mass is 393 g/mol. The van der Waals surface area contributed by atoms with Gasteiger partial charge in [-0.15, -0.1) is 0 Å². The predicted octanol–water partition coefficient (Wildman–Crippen LogP) is 3.26. The van der Waals surface area contributed by atoms with Crippen LogP contribution in [-0.2, 0) is 0 Å². The standard InChI is InChI=1S/C19H18ClF2N3O2/c1-24-5-7-25(8-6-24)19(27)12-3-2-4-14(9-12)23-18(26)17-15(21)10-13(20)11-16(17)22/h2-4,9-11H,5-8H2,1H3,(H,23,26). The molecule has 1 N–H and O–H groups in total. The van der Waals surface area contributed by atoms with E-state index in [0.29, 0.717) is 18.7 Å². The minimum Gasteiger partial charge on any atom is -0.336 e. The van der Waals surface area contributed by atoms with Crippen molar-refractivity contribution in [2.75, 3.05) is 38.5 Å². The van der Waals surface area contributed by atoms with Crippen LogP contribution in [0.25, 0.3) is 0 Å². The number of carbonyl (C=O) groups excluding carboxylic acids is 2. The van der Waals surface area contributed by atoms with E-state index >= 15 is 0 Å². The van der Waals surface area contributed by atoms with Crippen molar-refractivity contribution in [3.63, 3.8) is 0 Å². The molecule has 0 aromatic heterocycles. The predicted molar refractivity (Wildman–Crippen MR) is 99.2 cm³/mol. The highest BCUT2D eigenvalue weighted by Crippen LogP contribution is 2.21. The van der Waals surface area contributed by atoms with Crippen molar-refractivity contribution in [2.24, 2.45) is 0 Å². The van der Waals surface area contributed by atoms with Crippen molar-refractivity contribution in [1.82, 2.24) is 9.80 Å². The normalized spacial score (nSPS) is 14.9. The van der Waals surface area contributed by atoms with Crippen LogP contribution >= 0.6 is 11.6 Å². The zero-order valence-electron chi connectivity index (χ0n) is 14.6. The number of carbonyl (C=O) groups is 2. The molecule has 142 valence electrons. The van der Waals surface area contributed by atoms with Gasteiger partial charge in [-0.1, -0.05) is 17.7 Å². The van der Waals surface area contributed by atoms with Gasteiger partial charge in [-0.25, -0.2) is 8.78 Å². The summed E-state index contributed by atoms with van der Waals surface area (Å²) < 4.78 is 27.8. The number of likely N-dealkylation sites (N-methyl/N-ethyl adjacent to an activating group) is 1. The summed E-state index contributed by atoms with van der Waals surface area (Å²) in [4.78, 5) is 28.7. The van der Waals surface area contributed by atoms with Crippen LogP contribution in [0.15, 0.2) is 36.4 Å². The molecule has 1 fully saturated rings. The molecule has 5 nitrogen and oxygen atoms in total. The van der Waals surface area contributed by atoms with Gasteiger partial charge in [0.25, 0.3) is 11.8 Å². The van der Waals surface area contributed by atoms with Crippen molar-refractivity contribution in [3.05, 3.63) is 64.2 Å². The van der Waals surface area contributed by atoms with Crippen molar-refractivity contribution in [1.29, 1.82) is 0 Å². The fourth-order valence-electron chi connectivity index (χ4n) is 2.87. The summed E-state index contributed by atoms with van der Waals surface area (Å²) in [5.74, 6) is -3.21. The molecule has 0 spiro atoms. The third kappa shape index (κ3) is 4.43. The highest BCUT2D eigenvalue weighted by molar-refractivity contribution is 6.30. The van der Waals surface area contributed by atoms with Gasteiger partial charge >= 0.3 is 0 Å². The number of amides is 2. The van der Waals surface area contributed by atoms with Crippen LogP contribution < -0.4 is 5.32 Å². The van der Waals surface area contributed by atoms with Gasteiger partial charge in [0.15, 0.2) is 0 Å². The van der Waals surface area contributed by atoms with Gasteiger partial charge < -0.3 is 15.1 Å². The van der Waals surface area contributed by atoms with E-state index in [9.17, 15) is 18.4 Å². The minimum atomic E-state index is -1.05. The van der Waals surface area contributed by atoms with E-state index in [1.807, 2.05) is 7.05 Å². The Morgan fingerprint density at radius 2 is 1.67 bits per heavy atom. The number of benzene rings is 2. The van der Waals surface area contributed by atoms with Gasteiger partial charge in [0.1, 0.15) is 17.2 Å². The maximum Gasteiger partial charge on any atom is 0.261 e. The Morgan fingerprint density at radius 1 is 1.04 bits per heavy atom. The van der Waals surface area contributed by atoms with E-state index < -0.39 is 23.1 Å². The van der Waals surface area contributed by atoms with E-state index in [0.717, 1.165) is 25.2 Å². The fraction of sp³-hybridized carbons (Fsp3) is 0.263. The molecule has 1 aliphatic rings. The summed E-state index contributed by atoms with van der Waals surface area (Å²) >= 11 is 5.57. The first-order valence-electron chi connectivity index (χ1n) is 8.39. The summed E-state index contributed by atoms with van der Waals surface area (Å²) in [6.45, 7) is 2.81. The highest BCUT2D eigenvalue weighted by atomic mass is 35.5. The Balaban J connectivity index is 1.76. The number of halogens is 3. The molecule has 0 aliphatic carbocycles. The zero-order chi connectivity index (χ0) is 19.6. The maximum atomic E-state index is 13.9. The average Bonchev–Trinajstić information content (AvgIpc) is 2.61. The van der Waals surface area contributed by atoms with Crippen LogP contribution in [0.2, 0.25) is 5.02 Å². The van der Waals surface area contributed by atoms with Crippen LogP contribution in [0.1, 0.15) is 20.7 Å². The highest BCUT2D eigenvalue weighted by Gasteiger charge is 2.22. The number of anilines is 1. The molecule has 1 heterocycles. The van der Waals surface area contributed by atoms with Crippen LogP contribution in [0.5, 0.6) is 0 Å². The lowest BCUT2D eigenvalue weighted by Crippen LogP contribution is -2.47. The van der Waals surface area contributed by atoms with Gasteiger partial charge in [-0.3, -0.25) is 9.59 Å². The molecular formula is C19H18ClF2N3O2. The number of piperazine rings is 1. The second kappa shape index (κ2) is 8.02. The second-order valence-corrected chi connectivity index (χ2v) is 6.81. The SMILES string of the molecule is CN1CCN(C(=O)c2cccc(NC(=O)c3c(F)cc(Cl)cc3F)c2)CC1. The van der Waals surface area contributed by atoms with Crippen LogP contribution in [0.3, 0.4) is 0 Å². The summed E-state index contributed by atoms with van der Waals surface area (Å²) in [6.07, 6.45) is 0. The number of hydrogen-bond acceptors (Lipinski definition) is 3. The van der Waals surface area contributed by atoms with Gasteiger partial charge in [0.2, 0.25) is 0 Å². The quantitative estimate of drug-likeness (QED) is 0.870. The van der Waals surface area contributed by atoms with E-state index in [1.54, 1.807) is 23.1 Å². The first kappa shape index (κ1) is 19.3. The largest absolute Gasteiger partial charge is 0.336 e. The molecule has 2 amide bonds. The molecule has 0 unspecified atom stereocenters. The molecule has 27 heavy (non-hydrogen) atoms. The summed E-state index contributed by atoms with van der Waals surface area (Å²) in [5.41, 5.74) is -0.0571. The summed E-state index contributed by atoms with van der Waals surface area (Å²) in [5, 5.41) is 2.29. The molecule has 2 aromatic rings. The molecule has 3 rings (SSSR count). The van der Waals surface area contributed by atoms with E-state index in [1.165, 1.54) is 6.07 Å². The van der Waals surface area contributed by atoms with Crippen molar-refractivity contribution in [2.45, 2.75) is 0 Å². The summed E-state index contributed by atoms with van der Waals surface area (Å²) in [6, 6.07) is 8.02. The molecule has 0 atom stereocenters. The summed E-state index contributed by atoms with van der Waals surface area (Å²) in [7, 11) is 1.99. The third-order valence-corrected chi connectivity index (χ3v) is 4.61. The molecule has 1 saturated heterocycles. The molecule has 0 bridgehead atoms. The number of rotatable bonds is 3. The molecule has 0 saturated carbocycles. The average molecular weight is 394 g/mol. The first-order valence-corrected chi connectivity index (χ1v) is 8.76. The number of nitrogens with one attached hydrogen (secondary N) is 1.